The number of thiophene rings is 1. The van der Waals surface area contributed by atoms with E-state index in [0.717, 1.165) is 27.4 Å². The molecule has 0 aliphatic carbocycles. The molecule has 0 spiro atoms. The highest BCUT2D eigenvalue weighted by Gasteiger charge is 2.15. The minimum absolute atomic E-state index is 0.292. The van der Waals surface area contributed by atoms with Gasteiger partial charge in [-0.05, 0) is 43.4 Å². The van der Waals surface area contributed by atoms with E-state index in [2.05, 4.69) is 5.32 Å². The lowest BCUT2D eigenvalue weighted by Gasteiger charge is -2.09. The first-order chi connectivity index (χ1) is 11.0. The number of hydrogen-bond acceptors (Lipinski definition) is 5. The molecule has 1 N–H and O–H groups in total. The minimum atomic E-state index is -0.453. The van der Waals surface area contributed by atoms with Crippen LogP contribution in [0.25, 0.3) is 0 Å². The van der Waals surface area contributed by atoms with Crippen molar-refractivity contribution in [1.82, 2.24) is 0 Å². The number of carbonyl (C=O) groups excluding carboxylic acids is 2. The first-order valence-corrected chi connectivity index (χ1v) is 9.28. The standard InChI is InChI=1S/C17H19NO3S2/c1-4-13-11(2)9-15(23-13)17(20)21-10-16(19)18-12-7-5-6-8-14(12)22-3/h5-9H,4,10H2,1-3H3,(H,18,19). The van der Waals surface area contributed by atoms with Gasteiger partial charge in [-0.1, -0.05) is 19.1 Å². The third-order valence-corrected chi connectivity index (χ3v) is 5.42. The zero-order chi connectivity index (χ0) is 16.8. The smallest absolute Gasteiger partial charge is 0.348 e. The van der Waals surface area contributed by atoms with Crippen LogP contribution in [0.3, 0.4) is 0 Å². The molecule has 4 nitrogen and oxygen atoms in total. The first-order valence-electron chi connectivity index (χ1n) is 7.24. The van der Waals surface area contributed by atoms with Crippen molar-refractivity contribution in [2.75, 3.05) is 18.2 Å². The maximum absolute atomic E-state index is 12.0. The van der Waals surface area contributed by atoms with Gasteiger partial charge in [-0.2, -0.15) is 0 Å². The van der Waals surface area contributed by atoms with Gasteiger partial charge in [0.2, 0.25) is 0 Å². The number of amides is 1. The molecule has 23 heavy (non-hydrogen) atoms. The Morgan fingerprint density at radius 3 is 2.70 bits per heavy atom. The van der Waals surface area contributed by atoms with Gasteiger partial charge in [0.25, 0.3) is 5.91 Å². The largest absolute Gasteiger partial charge is 0.451 e. The van der Waals surface area contributed by atoms with E-state index in [-0.39, 0.29) is 12.5 Å². The van der Waals surface area contributed by atoms with Gasteiger partial charge in [-0.25, -0.2) is 4.79 Å². The topological polar surface area (TPSA) is 55.4 Å². The Bertz CT molecular complexity index is 710. The predicted octanol–water partition coefficient (Wildman–Crippen LogP) is 4.14. The van der Waals surface area contributed by atoms with E-state index in [1.807, 2.05) is 50.4 Å². The van der Waals surface area contributed by atoms with Crippen molar-refractivity contribution < 1.29 is 14.3 Å². The fourth-order valence-electron chi connectivity index (χ4n) is 2.11. The number of hydrogen-bond donors (Lipinski definition) is 1. The van der Waals surface area contributed by atoms with Crippen molar-refractivity contribution in [3.63, 3.8) is 0 Å². The van der Waals surface area contributed by atoms with Crippen LogP contribution < -0.4 is 5.32 Å². The molecule has 0 saturated heterocycles. The van der Waals surface area contributed by atoms with Crippen LogP contribution in [0.1, 0.15) is 27.0 Å². The number of thioether (sulfide) groups is 1. The Morgan fingerprint density at radius 1 is 1.30 bits per heavy atom. The Balaban J connectivity index is 1.92. The lowest BCUT2D eigenvalue weighted by molar-refractivity contribution is -0.119. The van der Waals surface area contributed by atoms with Gasteiger partial charge in [-0.15, -0.1) is 23.1 Å². The quantitative estimate of drug-likeness (QED) is 0.629. The molecule has 2 rings (SSSR count). The Morgan fingerprint density at radius 2 is 2.04 bits per heavy atom. The second kappa shape index (κ2) is 8.17. The number of esters is 1. The number of ether oxygens (including phenoxy) is 1. The molecule has 1 aromatic heterocycles. The Hall–Kier alpha value is -1.79. The van der Waals surface area contributed by atoms with Gasteiger partial charge in [-0.3, -0.25) is 4.79 Å². The summed E-state index contributed by atoms with van der Waals surface area (Å²) in [6, 6.07) is 9.31. The summed E-state index contributed by atoms with van der Waals surface area (Å²) in [4.78, 5) is 26.6. The first kappa shape index (κ1) is 17.6. The van der Waals surface area contributed by atoms with Gasteiger partial charge in [0.05, 0.1) is 5.69 Å². The van der Waals surface area contributed by atoms with Crippen LogP contribution in [0.2, 0.25) is 0 Å². The maximum atomic E-state index is 12.0. The molecule has 0 aliphatic rings. The minimum Gasteiger partial charge on any atom is -0.451 e. The summed E-state index contributed by atoms with van der Waals surface area (Å²) in [7, 11) is 0. The van der Waals surface area contributed by atoms with Crippen molar-refractivity contribution in [1.29, 1.82) is 0 Å². The van der Waals surface area contributed by atoms with Gasteiger partial charge < -0.3 is 10.1 Å². The summed E-state index contributed by atoms with van der Waals surface area (Å²) in [5.41, 5.74) is 1.81. The van der Waals surface area contributed by atoms with Gasteiger partial charge in [0.1, 0.15) is 4.88 Å². The van der Waals surface area contributed by atoms with E-state index in [1.165, 1.54) is 11.3 Å². The second-order valence-corrected chi connectivity index (χ2v) is 6.88. The zero-order valence-corrected chi connectivity index (χ0v) is 15.0. The maximum Gasteiger partial charge on any atom is 0.348 e. The molecule has 1 amide bonds. The molecular formula is C17H19NO3S2. The molecule has 0 fully saturated rings. The van der Waals surface area contributed by atoms with Gasteiger partial charge >= 0.3 is 5.97 Å². The van der Waals surface area contributed by atoms with E-state index in [9.17, 15) is 9.59 Å². The van der Waals surface area contributed by atoms with E-state index in [0.29, 0.717) is 4.88 Å². The van der Waals surface area contributed by atoms with Crippen LogP contribution >= 0.6 is 23.1 Å². The summed E-state index contributed by atoms with van der Waals surface area (Å²) in [6.45, 7) is 3.72. The number of anilines is 1. The number of benzene rings is 1. The molecule has 6 heteroatoms. The fourth-order valence-corrected chi connectivity index (χ4v) is 3.67. The SMILES string of the molecule is CCc1sc(C(=O)OCC(=O)Nc2ccccc2SC)cc1C. The van der Waals surface area contributed by atoms with Crippen LogP contribution in [-0.2, 0) is 16.0 Å². The van der Waals surface area contributed by atoms with E-state index >= 15 is 0 Å². The normalized spacial score (nSPS) is 10.4. The molecule has 0 radical (unpaired) electrons. The lowest BCUT2D eigenvalue weighted by atomic mass is 10.2. The zero-order valence-electron chi connectivity index (χ0n) is 13.3. The van der Waals surface area contributed by atoms with Crippen LogP contribution in [0.15, 0.2) is 35.2 Å². The molecule has 0 saturated carbocycles. The average molecular weight is 349 g/mol. The van der Waals surface area contributed by atoms with Crippen LogP contribution in [0, 0.1) is 6.92 Å². The van der Waals surface area contributed by atoms with Crippen molar-refractivity contribution in [3.05, 3.63) is 45.6 Å². The van der Waals surface area contributed by atoms with E-state index in [1.54, 1.807) is 11.8 Å². The van der Waals surface area contributed by atoms with Gasteiger partial charge in [0, 0.05) is 9.77 Å². The predicted molar refractivity (Wildman–Crippen MR) is 95.6 cm³/mol. The summed E-state index contributed by atoms with van der Waals surface area (Å²) >= 11 is 2.96. The lowest BCUT2D eigenvalue weighted by Crippen LogP contribution is -2.20. The highest BCUT2D eigenvalue weighted by molar-refractivity contribution is 7.98. The highest BCUT2D eigenvalue weighted by Crippen LogP contribution is 2.25. The summed E-state index contributed by atoms with van der Waals surface area (Å²) in [5, 5.41) is 2.76. The summed E-state index contributed by atoms with van der Waals surface area (Å²) < 4.78 is 5.10. The highest BCUT2D eigenvalue weighted by atomic mass is 32.2. The number of carbonyl (C=O) groups is 2. The van der Waals surface area contributed by atoms with Crippen LogP contribution in [0.5, 0.6) is 0 Å². The molecule has 122 valence electrons. The number of rotatable bonds is 6. The third kappa shape index (κ3) is 4.59. The molecule has 0 unspecified atom stereocenters. The Labute approximate surface area is 144 Å². The average Bonchev–Trinajstić information content (AvgIpc) is 2.94. The van der Waals surface area contributed by atoms with Crippen LogP contribution in [-0.4, -0.2) is 24.7 Å². The van der Waals surface area contributed by atoms with Crippen molar-refractivity contribution in [2.24, 2.45) is 0 Å². The second-order valence-electron chi connectivity index (χ2n) is 4.89. The van der Waals surface area contributed by atoms with Crippen molar-refractivity contribution >= 4 is 40.7 Å². The molecule has 2 aromatic rings. The van der Waals surface area contributed by atoms with Crippen molar-refractivity contribution in [2.45, 2.75) is 25.2 Å². The molecule has 1 heterocycles. The Kier molecular flexibility index (Phi) is 6.24. The summed E-state index contributed by atoms with van der Waals surface area (Å²) in [6.07, 6.45) is 2.82. The van der Waals surface area contributed by atoms with Crippen LogP contribution in [0.4, 0.5) is 5.69 Å². The fraction of sp³-hybridized carbons (Fsp3) is 0.294. The molecule has 1 aromatic carbocycles. The van der Waals surface area contributed by atoms with Crippen molar-refractivity contribution in [3.8, 4) is 0 Å². The summed E-state index contributed by atoms with van der Waals surface area (Å²) in [5.74, 6) is -0.796. The molecular weight excluding hydrogens is 330 g/mol. The van der Waals surface area contributed by atoms with E-state index in [4.69, 9.17) is 4.74 Å². The number of aryl methyl sites for hydroxylation is 2. The van der Waals surface area contributed by atoms with Gasteiger partial charge in [0.15, 0.2) is 6.61 Å². The number of nitrogens with one attached hydrogen (secondary N) is 1. The molecule has 0 aliphatic heterocycles. The molecule has 0 bridgehead atoms. The monoisotopic (exact) mass is 349 g/mol. The third-order valence-electron chi connectivity index (χ3n) is 3.26. The van der Waals surface area contributed by atoms with E-state index < -0.39 is 5.97 Å². The molecule has 0 atom stereocenters. The number of para-hydroxylation sites is 1.